The molecule has 5 nitrogen and oxygen atoms in total. The van der Waals surface area contributed by atoms with Crippen molar-refractivity contribution in [2.45, 2.75) is 19.0 Å². The van der Waals surface area contributed by atoms with Crippen molar-refractivity contribution >= 4 is 29.2 Å². The van der Waals surface area contributed by atoms with Crippen LogP contribution in [0.2, 0.25) is 0 Å². The summed E-state index contributed by atoms with van der Waals surface area (Å²) in [6, 6.07) is 8.71. The zero-order chi connectivity index (χ0) is 20.1. The quantitative estimate of drug-likeness (QED) is 0.390. The molecular weight excluding hydrogens is 387 g/mol. The smallest absolute Gasteiger partial charge is 0.184 e. The van der Waals surface area contributed by atoms with Crippen LogP contribution < -0.4 is 21.4 Å². The van der Waals surface area contributed by atoms with Crippen LogP contribution in [-0.2, 0) is 6.54 Å². The molecule has 0 spiro atoms. The summed E-state index contributed by atoms with van der Waals surface area (Å²) in [5.41, 5.74) is 8.55. The number of nitrogens with one attached hydrogen (secondary N) is 2. The van der Waals surface area contributed by atoms with E-state index in [2.05, 4.69) is 28.1 Å². The van der Waals surface area contributed by atoms with E-state index in [4.69, 9.17) is 5.73 Å². The highest BCUT2D eigenvalue weighted by Crippen LogP contribution is 2.26. The number of anilines is 1. The van der Waals surface area contributed by atoms with Crippen molar-refractivity contribution in [1.82, 2.24) is 10.7 Å². The third-order valence-corrected chi connectivity index (χ3v) is 4.55. The van der Waals surface area contributed by atoms with Crippen LogP contribution in [0.1, 0.15) is 17.5 Å². The number of hydrogen-bond donors (Lipinski definition) is 3. The first-order chi connectivity index (χ1) is 13.4. The molecule has 148 valence electrons. The van der Waals surface area contributed by atoms with Gasteiger partial charge in [0.1, 0.15) is 17.5 Å². The Hall–Kier alpha value is -2.65. The Kier molecular flexibility index (Phi) is 6.48. The largest absolute Gasteiger partial charge is 0.375 e. The molecule has 0 saturated carbocycles. The van der Waals surface area contributed by atoms with Gasteiger partial charge >= 0.3 is 0 Å². The van der Waals surface area contributed by atoms with Crippen LogP contribution in [0.15, 0.2) is 41.5 Å². The summed E-state index contributed by atoms with van der Waals surface area (Å²) in [5, 5.41) is 6.91. The molecule has 1 aliphatic heterocycles. The van der Waals surface area contributed by atoms with E-state index in [-0.39, 0.29) is 28.2 Å². The zero-order valence-corrected chi connectivity index (χ0v) is 15.8. The number of rotatable bonds is 6. The topological polar surface area (TPSA) is 65.7 Å². The minimum atomic E-state index is -0.596. The Bertz CT molecular complexity index is 890. The molecule has 9 heteroatoms. The fourth-order valence-electron chi connectivity index (χ4n) is 3.11. The molecule has 1 heterocycles. The summed E-state index contributed by atoms with van der Waals surface area (Å²) >= 11 is 4.59. The van der Waals surface area contributed by atoms with E-state index < -0.39 is 11.6 Å². The fraction of sp³-hybridized carbons (Fsp3) is 0.263. The fourth-order valence-corrected chi connectivity index (χ4v) is 3.17. The number of halogens is 3. The van der Waals surface area contributed by atoms with Gasteiger partial charge in [-0.2, -0.15) is 5.10 Å². The molecule has 0 amide bonds. The van der Waals surface area contributed by atoms with Crippen molar-refractivity contribution < 1.29 is 13.2 Å². The van der Waals surface area contributed by atoms with Gasteiger partial charge < -0.3 is 16.0 Å². The number of thiocarbonyl (C=S) groups is 1. The molecule has 0 bridgehead atoms. The zero-order valence-electron chi connectivity index (χ0n) is 15.0. The van der Waals surface area contributed by atoms with E-state index in [0.29, 0.717) is 19.6 Å². The average Bonchev–Trinajstić information content (AvgIpc) is 3.11. The predicted molar refractivity (Wildman–Crippen MR) is 108 cm³/mol. The van der Waals surface area contributed by atoms with Crippen LogP contribution in [0.25, 0.3) is 0 Å². The Morgan fingerprint density at radius 2 is 2.07 bits per heavy atom. The summed E-state index contributed by atoms with van der Waals surface area (Å²) in [7, 11) is 0. The highest BCUT2D eigenvalue weighted by atomic mass is 32.1. The normalized spacial score (nSPS) is 16.7. The van der Waals surface area contributed by atoms with Crippen molar-refractivity contribution in [3.05, 3.63) is 65.0 Å². The van der Waals surface area contributed by atoms with Gasteiger partial charge in [-0.15, -0.1) is 0 Å². The van der Waals surface area contributed by atoms with E-state index >= 15 is 0 Å². The van der Waals surface area contributed by atoms with E-state index in [0.717, 1.165) is 30.3 Å². The molecular formula is C19H20F3N5S. The maximum Gasteiger partial charge on any atom is 0.184 e. The molecule has 2 aromatic carbocycles. The first-order valence-corrected chi connectivity index (χ1v) is 9.13. The van der Waals surface area contributed by atoms with Crippen LogP contribution in [0, 0.1) is 17.5 Å². The predicted octanol–water partition coefficient (Wildman–Crippen LogP) is 2.64. The van der Waals surface area contributed by atoms with Gasteiger partial charge in [0.15, 0.2) is 5.11 Å². The highest BCUT2D eigenvalue weighted by molar-refractivity contribution is 7.80. The van der Waals surface area contributed by atoms with Gasteiger partial charge in [0.25, 0.3) is 0 Å². The highest BCUT2D eigenvalue weighted by Gasteiger charge is 2.25. The minimum Gasteiger partial charge on any atom is -0.375 e. The summed E-state index contributed by atoms with van der Waals surface area (Å²) < 4.78 is 42.0. The maximum atomic E-state index is 14.5. The van der Waals surface area contributed by atoms with Gasteiger partial charge in [0.2, 0.25) is 0 Å². The van der Waals surface area contributed by atoms with Gasteiger partial charge in [0.05, 0.1) is 11.9 Å². The van der Waals surface area contributed by atoms with Crippen molar-refractivity contribution in [2.24, 2.45) is 10.8 Å². The molecule has 1 aliphatic rings. The molecule has 3 rings (SSSR count). The van der Waals surface area contributed by atoms with Crippen LogP contribution in [0.3, 0.4) is 0 Å². The lowest BCUT2D eigenvalue weighted by Crippen LogP contribution is -2.32. The summed E-state index contributed by atoms with van der Waals surface area (Å²) in [6.07, 6.45) is 1.89. The van der Waals surface area contributed by atoms with Crippen molar-refractivity contribution in [3.63, 3.8) is 0 Å². The number of benzene rings is 2. The molecule has 1 atom stereocenters. The molecule has 28 heavy (non-hydrogen) atoms. The first-order valence-electron chi connectivity index (χ1n) is 8.72. The molecule has 1 fully saturated rings. The summed E-state index contributed by atoms with van der Waals surface area (Å²) in [5.74, 6) is -1.41. The van der Waals surface area contributed by atoms with Crippen LogP contribution in [0.5, 0.6) is 0 Å². The third kappa shape index (κ3) is 5.20. The van der Waals surface area contributed by atoms with Gasteiger partial charge in [0, 0.05) is 37.3 Å². The minimum absolute atomic E-state index is 0.00928. The number of hydrogen-bond acceptors (Lipinski definition) is 4. The van der Waals surface area contributed by atoms with Gasteiger partial charge in [-0.1, -0.05) is 12.1 Å². The molecule has 1 saturated heterocycles. The molecule has 0 aromatic heterocycles. The first kappa shape index (κ1) is 20.1. The third-order valence-electron chi connectivity index (χ3n) is 4.46. The maximum absolute atomic E-state index is 14.5. The van der Waals surface area contributed by atoms with E-state index in [1.807, 2.05) is 6.07 Å². The molecule has 0 unspecified atom stereocenters. The number of nitrogens with two attached hydrogens (primary N) is 1. The molecule has 2 aromatic rings. The lowest BCUT2D eigenvalue weighted by molar-refractivity contribution is 0.546. The van der Waals surface area contributed by atoms with Crippen molar-refractivity contribution in [3.8, 4) is 0 Å². The Morgan fingerprint density at radius 3 is 2.82 bits per heavy atom. The molecule has 4 N–H and O–H groups in total. The van der Waals surface area contributed by atoms with Crippen molar-refractivity contribution in [1.29, 1.82) is 0 Å². The molecule has 0 aliphatic carbocycles. The van der Waals surface area contributed by atoms with Gasteiger partial charge in [-0.05, 0) is 42.4 Å². The second-order valence-corrected chi connectivity index (χ2v) is 6.94. The van der Waals surface area contributed by atoms with Crippen LogP contribution in [-0.4, -0.2) is 30.5 Å². The Labute approximate surface area is 166 Å². The lowest BCUT2D eigenvalue weighted by atomic mass is 10.2. The van der Waals surface area contributed by atoms with Gasteiger partial charge in [-0.3, -0.25) is 5.43 Å². The average molecular weight is 407 g/mol. The SMILES string of the molecule is NC(=S)N/N=C/c1cc(F)c(N2CC[C@H](NCc3cccc(F)c3)C2)cc1F. The summed E-state index contributed by atoms with van der Waals surface area (Å²) in [4.78, 5) is 1.79. The standard InChI is InChI=1S/C19H20F3N5S/c20-14-3-1-2-12(6-14)9-24-15-4-5-27(11-15)18-8-16(21)13(7-17(18)22)10-25-26-19(23)28/h1-3,6-8,10,15,24H,4-5,9,11H2,(H3,23,26,28)/b25-10+/t15-/m0/s1. The van der Waals surface area contributed by atoms with E-state index in [1.165, 1.54) is 12.1 Å². The number of nitrogens with zero attached hydrogens (tertiary/aromatic N) is 2. The molecule has 0 radical (unpaired) electrons. The van der Waals surface area contributed by atoms with E-state index in [1.54, 1.807) is 11.0 Å². The van der Waals surface area contributed by atoms with Gasteiger partial charge in [-0.25, -0.2) is 13.2 Å². The van der Waals surface area contributed by atoms with Crippen LogP contribution in [0.4, 0.5) is 18.9 Å². The lowest BCUT2D eigenvalue weighted by Gasteiger charge is -2.20. The monoisotopic (exact) mass is 407 g/mol. The van der Waals surface area contributed by atoms with Crippen molar-refractivity contribution in [2.75, 3.05) is 18.0 Å². The summed E-state index contributed by atoms with van der Waals surface area (Å²) in [6.45, 7) is 1.63. The Morgan fingerprint density at radius 1 is 1.25 bits per heavy atom. The number of hydrazone groups is 1. The second-order valence-electron chi connectivity index (χ2n) is 6.50. The van der Waals surface area contributed by atoms with E-state index in [9.17, 15) is 13.2 Å². The second kappa shape index (κ2) is 9.03. The Balaban J connectivity index is 1.62. The van der Waals surface area contributed by atoms with Crippen LogP contribution >= 0.6 is 12.2 Å².